The maximum atomic E-state index is 13.5. The van der Waals surface area contributed by atoms with Gasteiger partial charge in [0.1, 0.15) is 5.78 Å². The van der Waals surface area contributed by atoms with Gasteiger partial charge in [-0.25, -0.2) is 0 Å². The van der Waals surface area contributed by atoms with Crippen molar-refractivity contribution in [3.05, 3.63) is 0 Å². The zero-order valence-electron chi connectivity index (χ0n) is 21.3. The quantitative estimate of drug-likeness (QED) is 0.250. The lowest BCUT2D eigenvalue weighted by atomic mass is 9.43. The Labute approximate surface area is 194 Å². The molecule has 0 aromatic heterocycles. The molecule has 0 aromatic carbocycles. The monoisotopic (exact) mass is 430 g/mol. The van der Waals surface area contributed by atoms with Crippen LogP contribution in [0.5, 0.6) is 0 Å². The van der Waals surface area contributed by atoms with Crippen LogP contribution in [0.3, 0.4) is 0 Å². The molecular weight excluding hydrogens is 376 g/mol. The molecule has 0 aliphatic heterocycles. The van der Waals surface area contributed by atoms with Crippen LogP contribution in [0.15, 0.2) is 0 Å². The van der Waals surface area contributed by atoms with Gasteiger partial charge >= 0.3 is 0 Å². The maximum Gasteiger partial charge on any atom is 0.145 e. The fraction of sp³-hybridized carbons (Fsp3) is 0.967. The van der Waals surface area contributed by atoms with E-state index in [0.717, 1.165) is 17.6 Å². The van der Waals surface area contributed by atoms with Gasteiger partial charge in [-0.3, -0.25) is 4.79 Å². The second-order valence-electron chi connectivity index (χ2n) is 12.1. The maximum absolute atomic E-state index is 13.5. The van der Waals surface area contributed by atoms with E-state index in [4.69, 9.17) is 0 Å². The van der Waals surface area contributed by atoms with E-state index in [0.29, 0.717) is 0 Å². The molecule has 3 aliphatic rings. The highest BCUT2D eigenvalue weighted by atomic mass is 16.1. The Morgan fingerprint density at radius 2 is 0.935 bits per heavy atom. The van der Waals surface area contributed by atoms with Gasteiger partial charge in [0, 0.05) is 10.8 Å². The summed E-state index contributed by atoms with van der Waals surface area (Å²) in [5.74, 6) is 2.58. The normalized spacial score (nSPS) is 33.2. The van der Waals surface area contributed by atoms with Gasteiger partial charge in [-0.1, -0.05) is 104 Å². The SMILES string of the molecule is CCCCCCCCC1CC[C@]2(CC1)C[C@@]1(CCC(CCCCCCCC)CC1)C2=O. The summed E-state index contributed by atoms with van der Waals surface area (Å²) in [5, 5.41) is 0. The zero-order valence-corrected chi connectivity index (χ0v) is 21.3. The van der Waals surface area contributed by atoms with Gasteiger partial charge in [0.2, 0.25) is 0 Å². The Balaban J connectivity index is 1.28. The number of Topliss-reactive ketones (excluding diaryl/α,β-unsaturated/α-hetero) is 1. The molecule has 0 unspecified atom stereocenters. The fourth-order valence-electron chi connectivity index (χ4n) is 7.54. The first-order chi connectivity index (χ1) is 15.1. The van der Waals surface area contributed by atoms with E-state index in [1.807, 2.05) is 0 Å². The molecule has 0 saturated heterocycles. The molecule has 3 fully saturated rings. The third-order valence-corrected chi connectivity index (χ3v) is 9.70. The molecule has 3 saturated carbocycles. The molecule has 31 heavy (non-hydrogen) atoms. The third kappa shape index (κ3) is 6.83. The van der Waals surface area contributed by atoms with E-state index in [-0.39, 0.29) is 10.8 Å². The van der Waals surface area contributed by atoms with E-state index in [2.05, 4.69) is 13.8 Å². The predicted molar refractivity (Wildman–Crippen MR) is 134 cm³/mol. The van der Waals surface area contributed by atoms with Crippen LogP contribution in [0.1, 0.15) is 162 Å². The molecule has 0 amide bonds. The lowest BCUT2D eigenvalue weighted by Gasteiger charge is -2.59. The number of hydrogen-bond donors (Lipinski definition) is 0. The minimum Gasteiger partial charge on any atom is -0.298 e. The second-order valence-corrected chi connectivity index (χ2v) is 12.1. The molecule has 0 aromatic rings. The zero-order chi connectivity index (χ0) is 22.0. The van der Waals surface area contributed by atoms with Crippen LogP contribution in [0.2, 0.25) is 0 Å². The molecule has 1 heteroatoms. The number of hydrogen-bond acceptors (Lipinski definition) is 1. The van der Waals surface area contributed by atoms with Crippen molar-refractivity contribution in [2.24, 2.45) is 22.7 Å². The minimum atomic E-state index is 0.143. The molecule has 180 valence electrons. The average molecular weight is 431 g/mol. The summed E-state index contributed by atoms with van der Waals surface area (Å²) in [7, 11) is 0. The van der Waals surface area contributed by atoms with E-state index in [1.54, 1.807) is 0 Å². The first-order valence-electron chi connectivity index (χ1n) is 14.7. The van der Waals surface area contributed by atoms with Crippen molar-refractivity contribution in [2.45, 2.75) is 162 Å². The number of unbranched alkanes of at least 4 members (excludes halogenated alkanes) is 10. The number of ketones is 1. The first-order valence-corrected chi connectivity index (χ1v) is 14.7. The molecule has 0 bridgehead atoms. The topological polar surface area (TPSA) is 17.1 Å². The molecular formula is C30H54O. The van der Waals surface area contributed by atoms with E-state index in [9.17, 15) is 4.79 Å². The Kier molecular flexibility index (Phi) is 10.4. The lowest BCUT2D eigenvalue weighted by Crippen LogP contribution is -2.59. The molecule has 0 N–H and O–H groups in total. The predicted octanol–water partition coefficient (Wildman–Crippen LogP) is 9.81. The smallest absolute Gasteiger partial charge is 0.145 e. The van der Waals surface area contributed by atoms with Crippen molar-refractivity contribution >= 4 is 5.78 Å². The van der Waals surface area contributed by atoms with Crippen LogP contribution in [0.25, 0.3) is 0 Å². The molecule has 0 radical (unpaired) electrons. The lowest BCUT2D eigenvalue weighted by molar-refractivity contribution is -0.169. The van der Waals surface area contributed by atoms with Gasteiger partial charge in [0.15, 0.2) is 0 Å². The van der Waals surface area contributed by atoms with Crippen LogP contribution in [-0.2, 0) is 4.79 Å². The molecule has 0 atom stereocenters. The molecule has 3 rings (SSSR count). The summed E-state index contributed by atoms with van der Waals surface area (Å²) in [6.45, 7) is 4.59. The van der Waals surface area contributed by atoms with Crippen molar-refractivity contribution in [1.82, 2.24) is 0 Å². The van der Waals surface area contributed by atoms with Crippen LogP contribution < -0.4 is 0 Å². The van der Waals surface area contributed by atoms with Crippen LogP contribution in [0.4, 0.5) is 0 Å². The average Bonchev–Trinajstić information content (AvgIpc) is 2.80. The molecule has 2 spiro atoms. The second kappa shape index (κ2) is 12.8. The standard InChI is InChI=1S/C30H54O/c1-3-5-7-9-11-13-15-26-17-21-29(22-18-26)25-30(28(29)31)23-19-27(20-24-30)16-14-12-10-8-6-4-2/h26-27H,3-25H2,1-2H3/t26?,27?,29-,30-. The Hall–Kier alpha value is -0.330. The summed E-state index contributed by atoms with van der Waals surface area (Å²) in [6, 6.07) is 0. The van der Waals surface area contributed by atoms with Crippen molar-refractivity contribution in [3.63, 3.8) is 0 Å². The van der Waals surface area contributed by atoms with Crippen LogP contribution in [-0.4, -0.2) is 5.78 Å². The Morgan fingerprint density at radius 1 is 0.581 bits per heavy atom. The first kappa shape index (κ1) is 25.3. The van der Waals surface area contributed by atoms with E-state index >= 15 is 0 Å². The number of carbonyl (C=O) groups is 1. The highest BCUT2D eigenvalue weighted by molar-refractivity contribution is 5.96. The number of carbonyl (C=O) groups excluding carboxylic acids is 1. The van der Waals surface area contributed by atoms with Crippen molar-refractivity contribution < 1.29 is 4.79 Å². The highest BCUT2D eigenvalue weighted by Gasteiger charge is 2.62. The van der Waals surface area contributed by atoms with E-state index < -0.39 is 0 Å². The fourth-order valence-corrected chi connectivity index (χ4v) is 7.54. The Bertz CT molecular complexity index is 461. The summed E-state index contributed by atoms with van der Waals surface area (Å²) in [5.41, 5.74) is 0.285. The van der Waals surface area contributed by atoms with Crippen molar-refractivity contribution in [2.75, 3.05) is 0 Å². The van der Waals surface area contributed by atoms with Gasteiger partial charge in [-0.2, -0.15) is 0 Å². The summed E-state index contributed by atoms with van der Waals surface area (Å²) < 4.78 is 0. The van der Waals surface area contributed by atoms with Gasteiger partial charge in [-0.05, 0) is 69.6 Å². The van der Waals surface area contributed by atoms with Crippen LogP contribution in [0, 0.1) is 22.7 Å². The minimum absolute atomic E-state index is 0.143. The van der Waals surface area contributed by atoms with Gasteiger partial charge in [0.25, 0.3) is 0 Å². The van der Waals surface area contributed by atoms with Gasteiger partial charge in [-0.15, -0.1) is 0 Å². The van der Waals surface area contributed by atoms with Crippen molar-refractivity contribution in [1.29, 1.82) is 0 Å². The Morgan fingerprint density at radius 3 is 1.29 bits per heavy atom. The van der Waals surface area contributed by atoms with Gasteiger partial charge in [0.05, 0.1) is 0 Å². The van der Waals surface area contributed by atoms with E-state index in [1.165, 1.54) is 148 Å². The summed E-state index contributed by atoms with van der Waals surface area (Å²) >= 11 is 0. The number of rotatable bonds is 14. The van der Waals surface area contributed by atoms with Crippen LogP contribution >= 0.6 is 0 Å². The molecule has 3 aliphatic carbocycles. The van der Waals surface area contributed by atoms with Gasteiger partial charge < -0.3 is 0 Å². The molecule has 1 nitrogen and oxygen atoms in total. The molecule has 0 heterocycles. The van der Waals surface area contributed by atoms with Crippen molar-refractivity contribution in [3.8, 4) is 0 Å². The third-order valence-electron chi connectivity index (χ3n) is 9.70. The summed E-state index contributed by atoms with van der Waals surface area (Å²) in [4.78, 5) is 13.5. The summed E-state index contributed by atoms with van der Waals surface area (Å²) in [6.07, 6.45) is 31.4. The largest absolute Gasteiger partial charge is 0.298 e. The highest BCUT2D eigenvalue weighted by Crippen LogP contribution is 2.64.